The Balaban J connectivity index is 1.63. The molecule has 2 aromatic heterocycles. The highest BCUT2D eigenvalue weighted by atomic mass is 19.1. The van der Waals surface area contributed by atoms with Crippen LogP contribution in [0.1, 0.15) is 35.0 Å². The third-order valence-corrected chi connectivity index (χ3v) is 4.33. The van der Waals surface area contributed by atoms with Gasteiger partial charge in [0.15, 0.2) is 5.82 Å². The molecule has 0 radical (unpaired) electrons. The van der Waals surface area contributed by atoms with E-state index in [0.717, 1.165) is 0 Å². The van der Waals surface area contributed by atoms with E-state index in [-0.39, 0.29) is 17.8 Å². The summed E-state index contributed by atoms with van der Waals surface area (Å²) in [6.07, 6.45) is 0. The van der Waals surface area contributed by atoms with Gasteiger partial charge in [0.1, 0.15) is 11.6 Å². The van der Waals surface area contributed by atoms with Crippen molar-refractivity contribution in [3.63, 3.8) is 0 Å². The first kappa shape index (κ1) is 15.4. The lowest BCUT2D eigenvalue weighted by molar-refractivity contribution is 0.0638. The van der Waals surface area contributed by atoms with Crippen LogP contribution in [0, 0.1) is 12.7 Å². The van der Waals surface area contributed by atoms with Crippen molar-refractivity contribution in [2.75, 3.05) is 6.54 Å². The summed E-state index contributed by atoms with van der Waals surface area (Å²) < 4.78 is 15.0. The SMILES string of the molecule is Cc1nc(-c2nnc3n2CCN(C(=O)c2ccc(F)cc2)[C@@H]3C)n[nH]1. The Kier molecular flexibility index (Phi) is 3.56. The number of nitrogens with one attached hydrogen (secondary N) is 1. The van der Waals surface area contributed by atoms with Crippen molar-refractivity contribution >= 4 is 5.91 Å². The summed E-state index contributed by atoms with van der Waals surface area (Å²) in [5.74, 6) is 1.93. The summed E-state index contributed by atoms with van der Waals surface area (Å²) in [6, 6.07) is 5.30. The number of H-pyrrole nitrogens is 1. The quantitative estimate of drug-likeness (QED) is 0.766. The molecule has 0 aliphatic carbocycles. The summed E-state index contributed by atoms with van der Waals surface area (Å²) >= 11 is 0. The molecule has 4 rings (SSSR count). The van der Waals surface area contributed by atoms with Crippen LogP contribution in [0.15, 0.2) is 24.3 Å². The maximum absolute atomic E-state index is 13.1. The van der Waals surface area contributed by atoms with Gasteiger partial charge in [0.25, 0.3) is 5.91 Å². The van der Waals surface area contributed by atoms with Crippen molar-refractivity contribution in [3.05, 3.63) is 47.3 Å². The van der Waals surface area contributed by atoms with E-state index in [0.29, 0.717) is 42.0 Å². The van der Waals surface area contributed by atoms with Crippen LogP contribution < -0.4 is 0 Å². The number of hydrogen-bond acceptors (Lipinski definition) is 5. The zero-order valence-corrected chi connectivity index (χ0v) is 13.8. The molecule has 0 bridgehead atoms. The van der Waals surface area contributed by atoms with Crippen LogP contribution in [0.2, 0.25) is 0 Å². The molecule has 1 aliphatic rings. The molecule has 0 unspecified atom stereocenters. The van der Waals surface area contributed by atoms with E-state index in [1.165, 1.54) is 24.3 Å². The van der Waals surface area contributed by atoms with Gasteiger partial charge in [0.05, 0.1) is 6.04 Å². The van der Waals surface area contributed by atoms with E-state index in [9.17, 15) is 9.18 Å². The second-order valence-electron chi connectivity index (χ2n) is 5.96. The molecular weight excluding hydrogens is 325 g/mol. The van der Waals surface area contributed by atoms with Crippen LogP contribution >= 0.6 is 0 Å². The molecule has 0 saturated carbocycles. The molecule has 1 amide bonds. The lowest BCUT2D eigenvalue weighted by atomic mass is 10.1. The number of nitrogens with zero attached hydrogens (tertiary/aromatic N) is 6. The van der Waals surface area contributed by atoms with Crippen LogP contribution in [-0.4, -0.2) is 47.3 Å². The summed E-state index contributed by atoms with van der Waals surface area (Å²) in [5.41, 5.74) is 0.450. The van der Waals surface area contributed by atoms with Gasteiger partial charge in [-0.05, 0) is 38.1 Å². The fourth-order valence-corrected chi connectivity index (χ4v) is 3.03. The Hall–Kier alpha value is -3.10. The standard InChI is InChI=1S/C16H16FN7O/c1-9-14-21-22-15(13-18-10(2)19-20-13)24(14)8-7-23(9)16(25)11-3-5-12(17)6-4-11/h3-6,9H,7-8H2,1-2H3,(H,18,19,20)/t9-/m1/s1. The van der Waals surface area contributed by atoms with Crippen molar-refractivity contribution in [2.45, 2.75) is 26.4 Å². The zero-order chi connectivity index (χ0) is 17.6. The third kappa shape index (κ3) is 2.57. The molecule has 1 atom stereocenters. The van der Waals surface area contributed by atoms with Crippen molar-refractivity contribution in [3.8, 4) is 11.6 Å². The number of aryl methyl sites for hydroxylation is 1. The van der Waals surface area contributed by atoms with Gasteiger partial charge in [-0.25, -0.2) is 9.37 Å². The van der Waals surface area contributed by atoms with Crippen LogP contribution in [0.4, 0.5) is 4.39 Å². The molecule has 3 aromatic rings. The van der Waals surface area contributed by atoms with Crippen LogP contribution in [0.3, 0.4) is 0 Å². The number of hydrogen-bond donors (Lipinski definition) is 1. The Morgan fingerprint density at radius 1 is 1.24 bits per heavy atom. The monoisotopic (exact) mass is 341 g/mol. The summed E-state index contributed by atoms with van der Waals surface area (Å²) in [6.45, 7) is 4.76. The Bertz CT molecular complexity index is 930. The number of carbonyl (C=O) groups is 1. The number of aromatic amines is 1. The number of amides is 1. The summed E-state index contributed by atoms with van der Waals surface area (Å²) in [4.78, 5) is 18.7. The molecule has 128 valence electrons. The second-order valence-corrected chi connectivity index (χ2v) is 5.96. The van der Waals surface area contributed by atoms with Gasteiger partial charge in [-0.2, -0.15) is 0 Å². The molecule has 0 fully saturated rings. The molecule has 1 aliphatic heterocycles. The van der Waals surface area contributed by atoms with Gasteiger partial charge in [0.2, 0.25) is 11.6 Å². The highest BCUT2D eigenvalue weighted by Crippen LogP contribution is 2.28. The number of aromatic nitrogens is 6. The first-order valence-electron chi connectivity index (χ1n) is 7.93. The van der Waals surface area contributed by atoms with Crippen LogP contribution in [0.5, 0.6) is 0 Å². The minimum absolute atomic E-state index is 0.156. The first-order chi connectivity index (χ1) is 12.0. The van der Waals surface area contributed by atoms with Gasteiger partial charge in [0, 0.05) is 18.7 Å². The maximum Gasteiger partial charge on any atom is 0.254 e. The van der Waals surface area contributed by atoms with Crippen molar-refractivity contribution < 1.29 is 9.18 Å². The molecule has 1 aromatic carbocycles. The number of carbonyl (C=O) groups excluding carboxylic acids is 1. The Morgan fingerprint density at radius 3 is 2.68 bits per heavy atom. The largest absolute Gasteiger partial charge is 0.327 e. The number of halogens is 1. The molecule has 9 heteroatoms. The van der Waals surface area contributed by atoms with Gasteiger partial charge < -0.3 is 9.47 Å². The normalized spacial score (nSPS) is 16.8. The molecule has 25 heavy (non-hydrogen) atoms. The average Bonchev–Trinajstić information content (AvgIpc) is 3.21. The Morgan fingerprint density at radius 2 is 2.00 bits per heavy atom. The molecule has 1 N–H and O–H groups in total. The van der Waals surface area contributed by atoms with E-state index < -0.39 is 0 Å². The van der Waals surface area contributed by atoms with Crippen LogP contribution in [-0.2, 0) is 6.54 Å². The van der Waals surface area contributed by atoms with Gasteiger partial charge in [-0.3, -0.25) is 9.89 Å². The predicted molar refractivity (Wildman–Crippen MR) is 86.0 cm³/mol. The number of rotatable bonds is 2. The number of benzene rings is 1. The van der Waals surface area contributed by atoms with E-state index in [4.69, 9.17) is 0 Å². The van der Waals surface area contributed by atoms with Gasteiger partial charge in [-0.15, -0.1) is 15.3 Å². The Labute approximate surface area is 142 Å². The lowest BCUT2D eigenvalue weighted by Crippen LogP contribution is -2.41. The molecular formula is C16H16FN7O. The third-order valence-electron chi connectivity index (χ3n) is 4.33. The molecule has 3 heterocycles. The maximum atomic E-state index is 13.1. The summed E-state index contributed by atoms with van der Waals surface area (Å²) in [5, 5.41) is 15.3. The minimum atomic E-state index is -0.366. The zero-order valence-electron chi connectivity index (χ0n) is 13.8. The fourth-order valence-electron chi connectivity index (χ4n) is 3.03. The number of fused-ring (bicyclic) bond motifs is 1. The second kappa shape index (κ2) is 5.76. The van der Waals surface area contributed by atoms with Crippen molar-refractivity contribution in [1.82, 2.24) is 34.8 Å². The predicted octanol–water partition coefficient (Wildman–Crippen LogP) is 1.73. The van der Waals surface area contributed by atoms with Crippen LogP contribution in [0.25, 0.3) is 11.6 Å². The highest BCUT2D eigenvalue weighted by molar-refractivity contribution is 5.94. The van der Waals surface area contributed by atoms with E-state index in [1.807, 2.05) is 18.4 Å². The van der Waals surface area contributed by atoms with Gasteiger partial charge in [-0.1, -0.05) is 0 Å². The highest BCUT2D eigenvalue weighted by Gasteiger charge is 2.32. The van der Waals surface area contributed by atoms with Crippen molar-refractivity contribution in [1.29, 1.82) is 0 Å². The van der Waals surface area contributed by atoms with Gasteiger partial charge >= 0.3 is 0 Å². The van der Waals surface area contributed by atoms with E-state index >= 15 is 0 Å². The topological polar surface area (TPSA) is 92.6 Å². The summed E-state index contributed by atoms with van der Waals surface area (Å²) in [7, 11) is 0. The van der Waals surface area contributed by atoms with E-state index in [1.54, 1.807) is 4.90 Å². The molecule has 8 nitrogen and oxygen atoms in total. The fraction of sp³-hybridized carbons (Fsp3) is 0.312. The minimum Gasteiger partial charge on any atom is -0.327 e. The molecule has 0 saturated heterocycles. The molecule has 0 spiro atoms. The first-order valence-corrected chi connectivity index (χ1v) is 7.93. The van der Waals surface area contributed by atoms with Crippen molar-refractivity contribution in [2.24, 2.45) is 0 Å². The van der Waals surface area contributed by atoms with E-state index in [2.05, 4.69) is 25.4 Å². The smallest absolute Gasteiger partial charge is 0.254 e. The lowest BCUT2D eigenvalue weighted by Gasteiger charge is -2.33. The average molecular weight is 341 g/mol.